The van der Waals surface area contributed by atoms with Gasteiger partial charge in [-0.15, -0.1) is 5.10 Å². The van der Waals surface area contributed by atoms with Crippen LogP contribution in [0.1, 0.15) is 15.2 Å². The summed E-state index contributed by atoms with van der Waals surface area (Å²) in [5.74, 6) is -0.511. The number of esters is 1. The van der Waals surface area contributed by atoms with Crippen LogP contribution in [0.15, 0.2) is 39.8 Å². The zero-order valence-electron chi connectivity index (χ0n) is 11.8. The molecule has 0 aliphatic heterocycles. The van der Waals surface area contributed by atoms with Gasteiger partial charge in [-0.2, -0.15) is 0 Å². The Morgan fingerprint density at radius 2 is 2.17 bits per heavy atom. The highest BCUT2D eigenvalue weighted by atomic mass is 35.5. The van der Waals surface area contributed by atoms with E-state index in [1.165, 1.54) is 18.9 Å². The van der Waals surface area contributed by atoms with Gasteiger partial charge in [0.15, 0.2) is 14.4 Å². The van der Waals surface area contributed by atoms with E-state index in [4.69, 9.17) is 11.6 Å². The maximum atomic E-state index is 11.6. The molecule has 0 atom stereocenters. The summed E-state index contributed by atoms with van der Waals surface area (Å²) in [4.78, 5) is 16.0. The van der Waals surface area contributed by atoms with Crippen molar-refractivity contribution in [2.45, 2.75) is 16.0 Å². The first-order valence-corrected chi connectivity index (χ1v) is 8.41. The molecule has 0 fully saturated rings. The molecule has 0 N–H and O–H groups in total. The van der Waals surface area contributed by atoms with Gasteiger partial charge >= 0.3 is 5.97 Å². The Morgan fingerprint density at radius 3 is 2.91 bits per heavy atom. The number of hydrogen-bond donors (Lipinski definition) is 0. The van der Waals surface area contributed by atoms with Crippen LogP contribution in [0.4, 0.5) is 0 Å². The quantitative estimate of drug-likeness (QED) is 0.641. The zero-order valence-corrected chi connectivity index (χ0v) is 14.2. The molecule has 2 heterocycles. The summed E-state index contributed by atoms with van der Waals surface area (Å²) < 4.78 is 6.89. The average Bonchev–Trinajstić information content (AvgIpc) is 3.15. The molecule has 0 aliphatic rings. The van der Waals surface area contributed by atoms with Crippen LogP contribution in [0.2, 0.25) is 5.15 Å². The normalized spacial score (nSPS) is 10.7. The van der Waals surface area contributed by atoms with Crippen molar-refractivity contribution in [1.29, 1.82) is 0 Å². The van der Waals surface area contributed by atoms with E-state index in [1.54, 1.807) is 4.68 Å². The summed E-state index contributed by atoms with van der Waals surface area (Å²) in [7, 11) is 1.30. The second kappa shape index (κ2) is 7.07. The number of hydrogen-bond acceptors (Lipinski definition) is 8. The second-order valence-electron chi connectivity index (χ2n) is 4.30. The maximum absolute atomic E-state index is 11.6. The molecule has 2 aromatic heterocycles. The van der Waals surface area contributed by atoms with Crippen LogP contribution in [-0.4, -0.2) is 38.3 Å². The predicted molar refractivity (Wildman–Crippen MR) is 85.9 cm³/mol. The Balaban J connectivity index is 1.79. The minimum Gasteiger partial charge on any atom is -0.465 e. The van der Waals surface area contributed by atoms with Crippen molar-refractivity contribution in [2.75, 3.05) is 7.11 Å². The van der Waals surface area contributed by atoms with Gasteiger partial charge in [-0.3, -0.25) is 0 Å². The number of rotatable bonds is 5. The molecule has 118 valence electrons. The first-order chi connectivity index (χ1) is 11.2. The van der Waals surface area contributed by atoms with Crippen molar-refractivity contribution < 1.29 is 9.53 Å². The van der Waals surface area contributed by atoms with Gasteiger partial charge in [0.2, 0.25) is 5.16 Å². The summed E-state index contributed by atoms with van der Waals surface area (Å²) in [5, 5.41) is 12.3. The van der Waals surface area contributed by atoms with Gasteiger partial charge in [0.1, 0.15) is 0 Å². The Labute approximate surface area is 144 Å². The van der Waals surface area contributed by atoms with Crippen LogP contribution in [0.25, 0.3) is 0 Å². The van der Waals surface area contributed by atoms with Crippen molar-refractivity contribution in [3.63, 3.8) is 0 Å². The molecular formula is C13H10ClN5O2S2. The summed E-state index contributed by atoms with van der Waals surface area (Å²) in [5.41, 5.74) is 1.08. The number of carbonyl (C=O) groups is 1. The van der Waals surface area contributed by atoms with E-state index in [0.717, 1.165) is 16.9 Å². The fourth-order valence-corrected chi connectivity index (χ4v) is 3.95. The smallest absolute Gasteiger partial charge is 0.351 e. The van der Waals surface area contributed by atoms with Crippen LogP contribution in [0.5, 0.6) is 0 Å². The fraction of sp³-hybridized carbons (Fsp3) is 0.154. The van der Waals surface area contributed by atoms with Gasteiger partial charge in [-0.05, 0) is 27.8 Å². The number of benzene rings is 1. The SMILES string of the molecule is COC(=O)c1sc(Sc2nnnn2Cc2ccccc2)nc1Cl. The van der Waals surface area contributed by atoms with E-state index in [9.17, 15) is 4.79 Å². The summed E-state index contributed by atoms with van der Waals surface area (Å²) in [6.07, 6.45) is 0. The number of thiazole rings is 1. The van der Waals surface area contributed by atoms with E-state index in [2.05, 4.69) is 25.2 Å². The average molecular weight is 368 g/mol. The third kappa shape index (κ3) is 3.69. The third-order valence-electron chi connectivity index (χ3n) is 2.79. The molecule has 10 heteroatoms. The highest BCUT2D eigenvalue weighted by Crippen LogP contribution is 2.34. The lowest BCUT2D eigenvalue weighted by molar-refractivity contribution is 0.0606. The van der Waals surface area contributed by atoms with Crippen molar-refractivity contribution in [3.8, 4) is 0 Å². The van der Waals surface area contributed by atoms with Gasteiger partial charge in [0.05, 0.1) is 13.7 Å². The standard InChI is InChI=1S/C13H10ClN5O2S2/c1-21-11(20)9-10(14)15-13(22-9)23-12-16-17-18-19(12)7-8-5-3-2-4-6-8/h2-6H,7H2,1H3. The molecule has 1 aromatic carbocycles. The number of carbonyl (C=O) groups excluding carboxylic acids is 1. The highest BCUT2D eigenvalue weighted by Gasteiger charge is 2.19. The minimum atomic E-state index is -0.511. The van der Waals surface area contributed by atoms with Gasteiger partial charge in [0.25, 0.3) is 0 Å². The summed E-state index contributed by atoms with van der Waals surface area (Å²) >= 11 is 8.34. The maximum Gasteiger partial charge on any atom is 0.351 e. The Bertz CT molecular complexity index is 821. The molecule has 0 spiro atoms. The zero-order chi connectivity index (χ0) is 16.2. The molecule has 0 radical (unpaired) electrons. The van der Waals surface area contributed by atoms with Gasteiger partial charge in [-0.25, -0.2) is 14.5 Å². The number of ether oxygens (including phenoxy) is 1. The van der Waals surface area contributed by atoms with Crippen LogP contribution in [0.3, 0.4) is 0 Å². The Hall–Kier alpha value is -1.97. The molecule has 3 aromatic rings. The van der Waals surface area contributed by atoms with Crippen molar-refractivity contribution >= 4 is 40.7 Å². The lowest BCUT2D eigenvalue weighted by atomic mass is 10.2. The van der Waals surface area contributed by atoms with Crippen molar-refractivity contribution in [1.82, 2.24) is 25.2 Å². The lowest BCUT2D eigenvalue weighted by Gasteiger charge is -2.02. The number of aromatic nitrogens is 5. The Kier molecular flexibility index (Phi) is 4.89. The highest BCUT2D eigenvalue weighted by molar-refractivity contribution is 8.00. The molecule has 0 amide bonds. The molecule has 0 saturated carbocycles. The predicted octanol–water partition coefficient (Wildman–Crippen LogP) is 2.77. The number of tetrazole rings is 1. The summed E-state index contributed by atoms with van der Waals surface area (Å²) in [6, 6.07) is 9.84. The summed E-state index contributed by atoms with van der Waals surface area (Å²) in [6.45, 7) is 0.541. The number of methoxy groups -OCH3 is 1. The van der Waals surface area contributed by atoms with Gasteiger partial charge in [0, 0.05) is 0 Å². The molecular weight excluding hydrogens is 358 g/mol. The topological polar surface area (TPSA) is 82.8 Å². The van der Waals surface area contributed by atoms with Crippen molar-refractivity contribution in [3.05, 3.63) is 45.9 Å². The monoisotopic (exact) mass is 367 g/mol. The van der Waals surface area contributed by atoms with E-state index in [1.807, 2.05) is 30.3 Å². The number of halogens is 1. The van der Waals surface area contributed by atoms with Gasteiger partial charge in [-0.1, -0.05) is 53.3 Å². The van der Waals surface area contributed by atoms with Crippen LogP contribution in [-0.2, 0) is 11.3 Å². The molecule has 0 aliphatic carbocycles. The van der Waals surface area contributed by atoms with E-state index >= 15 is 0 Å². The molecule has 0 saturated heterocycles. The molecule has 0 bridgehead atoms. The lowest BCUT2D eigenvalue weighted by Crippen LogP contribution is -2.03. The first kappa shape index (κ1) is 15.9. The molecule has 23 heavy (non-hydrogen) atoms. The minimum absolute atomic E-state index is 0.117. The molecule has 3 rings (SSSR count). The third-order valence-corrected chi connectivity index (χ3v) is 5.25. The Morgan fingerprint density at radius 1 is 1.39 bits per heavy atom. The number of nitrogens with zero attached hydrogens (tertiary/aromatic N) is 5. The molecule has 7 nitrogen and oxygen atoms in total. The first-order valence-electron chi connectivity index (χ1n) is 6.40. The van der Waals surface area contributed by atoms with Crippen LogP contribution >= 0.6 is 34.7 Å². The largest absolute Gasteiger partial charge is 0.465 e. The van der Waals surface area contributed by atoms with Crippen LogP contribution < -0.4 is 0 Å². The van der Waals surface area contributed by atoms with E-state index in [-0.39, 0.29) is 10.0 Å². The van der Waals surface area contributed by atoms with Crippen molar-refractivity contribution in [2.24, 2.45) is 0 Å². The fourth-order valence-electron chi connectivity index (χ4n) is 1.75. The van der Waals surface area contributed by atoms with E-state index in [0.29, 0.717) is 16.0 Å². The van der Waals surface area contributed by atoms with Gasteiger partial charge < -0.3 is 4.74 Å². The van der Waals surface area contributed by atoms with Crippen LogP contribution in [0, 0.1) is 0 Å². The molecule has 0 unspecified atom stereocenters. The van der Waals surface area contributed by atoms with E-state index < -0.39 is 5.97 Å². The second-order valence-corrected chi connectivity index (χ2v) is 6.87.